The lowest BCUT2D eigenvalue weighted by Crippen LogP contribution is -2.33. The molecular weight excluding hydrogens is 310 g/mol. The molecule has 0 saturated heterocycles. The Kier molecular flexibility index (Phi) is 4.29. The molecule has 0 atom stereocenters. The molecule has 0 unspecified atom stereocenters. The molecule has 1 aliphatic heterocycles. The number of hydrogen-bond donors (Lipinski definition) is 0. The second kappa shape index (κ2) is 6.54. The molecule has 122 valence electrons. The van der Waals surface area contributed by atoms with Gasteiger partial charge in [0.1, 0.15) is 18.1 Å². The molecule has 0 radical (unpaired) electrons. The van der Waals surface area contributed by atoms with E-state index >= 15 is 0 Å². The average Bonchev–Trinajstić information content (AvgIpc) is 3.10. The first kappa shape index (κ1) is 15.7. The van der Waals surface area contributed by atoms with Crippen LogP contribution in [0.3, 0.4) is 0 Å². The molecule has 0 fully saturated rings. The predicted octanol–water partition coefficient (Wildman–Crippen LogP) is 2.44. The van der Waals surface area contributed by atoms with Crippen molar-refractivity contribution < 1.29 is 23.5 Å². The fourth-order valence-corrected chi connectivity index (χ4v) is 2.42. The molecule has 2 aromatic rings. The molecule has 24 heavy (non-hydrogen) atoms. The molecule has 2 amide bonds. The first-order chi connectivity index (χ1) is 11.6. The molecule has 0 saturated carbocycles. The molecular formula is C18H15NO5. The molecule has 2 heterocycles. The van der Waals surface area contributed by atoms with Crippen LogP contribution >= 0.6 is 0 Å². The maximum absolute atomic E-state index is 12.1. The summed E-state index contributed by atoms with van der Waals surface area (Å²) < 4.78 is 10.3. The van der Waals surface area contributed by atoms with Crippen LogP contribution in [0.15, 0.2) is 46.9 Å². The van der Waals surface area contributed by atoms with Gasteiger partial charge in [-0.2, -0.15) is 0 Å². The van der Waals surface area contributed by atoms with E-state index in [1.54, 1.807) is 43.3 Å². The number of hydrogen-bond acceptors (Lipinski definition) is 5. The Morgan fingerprint density at radius 1 is 1.12 bits per heavy atom. The molecule has 1 aromatic carbocycles. The van der Waals surface area contributed by atoms with Crippen LogP contribution in [-0.4, -0.2) is 35.8 Å². The minimum Gasteiger partial charge on any atom is -0.462 e. The maximum atomic E-state index is 12.1. The summed E-state index contributed by atoms with van der Waals surface area (Å²) in [5.41, 5.74) is 0.754. The van der Waals surface area contributed by atoms with Crippen molar-refractivity contribution in [1.29, 1.82) is 0 Å². The van der Waals surface area contributed by atoms with Gasteiger partial charge in [0, 0.05) is 6.08 Å². The number of furan rings is 1. The number of imide groups is 1. The topological polar surface area (TPSA) is 76.8 Å². The summed E-state index contributed by atoms with van der Waals surface area (Å²) >= 11 is 0. The van der Waals surface area contributed by atoms with Crippen molar-refractivity contribution in [3.8, 4) is 0 Å². The van der Waals surface area contributed by atoms with E-state index < -0.39 is 5.97 Å². The third-order valence-electron chi connectivity index (χ3n) is 3.58. The molecule has 6 heteroatoms. The van der Waals surface area contributed by atoms with Crippen LogP contribution in [-0.2, 0) is 9.53 Å². The summed E-state index contributed by atoms with van der Waals surface area (Å²) in [6, 6.07) is 10.1. The highest BCUT2D eigenvalue weighted by molar-refractivity contribution is 6.21. The minimum atomic E-state index is -0.569. The number of amides is 2. The highest BCUT2D eigenvalue weighted by atomic mass is 16.5. The average molecular weight is 325 g/mol. The van der Waals surface area contributed by atoms with Crippen molar-refractivity contribution in [2.45, 2.75) is 6.92 Å². The van der Waals surface area contributed by atoms with Crippen molar-refractivity contribution in [3.05, 3.63) is 65.1 Å². The van der Waals surface area contributed by atoms with Gasteiger partial charge in [0.05, 0.1) is 17.7 Å². The summed E-state index contributed by atoms with van der Waals surface area (Å²) in [7, 11) is 0. The number of benzene rings is 1. The van der Waals surface area contributed by atoms with Gasteiger partial charge in [-0.1, -0.05) is 12.1 Å². The van der Waals surface area contributed by atoms with Gasteiger partial charge in [-0.25, -0.2) is 4.79 Å². The fourth-order valence-electron chi connectivity index (χ4n) is 2.42. The van der Waals surface area contributed by atoms with Crippen molar-refractivity contribution in [3.63, 3.8) is 0 Å². The second-order valence-electron chi connectivity index (χ2n) is 5.26. The smallest absolute Gasteiger partial charge is 0.330 e. The van der Waals surface area contributed by atoms with Gasteiger partial charge < -0.3 is 9.15 Å². The zero-order valence-corrected chi connectivity index (χ0v) is 13.0. The normalized spacial score (nSPS) is 13.6. The monoisotopic (exact) mass is 325 g/mol. The maximum Gasteiger partial charge on any atom is 0.330 e. The molecule has 0 spiro atoms. The van der Waals surface area contributed by atoms with Gasteiger partial charge in [0.2, 0.25) is 0 Å². The molecule has 3 rings (SSSR count). The highest BCUT2D eigenvalue weighted by Gasteiger charge is 2.34. The van der Waals surface area contributed by atoms with E-state index in [0.717, 1.165) is 10.7 Å². The largest absolute Gasteiger partial charge is 0.462 e. The van der Waals surface area contributed by atoms with Crippen LogP contribution in [0.1, 0.15) is 32.2 Å². The molecule has 1 aliphatic rings. The molecule has 1 aromatic heterocycles. The first-order valence-electron chi connectivity index (χ1n) is 7.43. The van der Waals surface area contributed by atoms with E-state index in [1.807, 2.05) is 0 Å². The quantitative estimate of drug-likeness (QED) is 0.479. The van der Waals surface area contributed by atoms with E-state index in [1.165, 1.54) is 12.2 Å². The number of rotatable bonds is 5. The Balaban J connectivity index is 1.52. The SMILES string of the molecule is Cc1ccc(C=CC(=O)OCCN2C(=O)c3ccccc3C2=O)o1. The number of aryl methyl sites for hydroxylation is 1. The van der Waals surface area contributed by atoms with Crippen molar-refractivity contribution in [2.24, 2.45) is 0 Å². The summed E-state index contributed by atoms with van der Waals surface area (Å²) in [4.78, 5) is 37.0. The van der Waals surface area contributed by atoms with Crippen LogP contribution in [0, 0.1) is 6.92 Å². The van der Waals surface area contributed by atoms with Crippen molar-refractivity contribution in [1.82, 2.24) is 4.90 Å². The van der Waals surface area contributed by atoms with Crippen molar-refractivity contribution >= 4 is 23.9 Å². The molecule has 6 nitrogen and oxygen atoms in total. The van der Waals surface area contributed by atoms with Gasteiger partial charge in [0.15, 0.2) is 0 Å². The van der Waals surface area contributed by atoms with E-state index in [9.17, 15) is 14.4 Å². The third-order valence-corrected chi connectivity index (χ3v) is 3.58. The van der Waals surface area contributed by atoms with Gasteiger partial charge in [-0.3, -0.25) is 14.5 Å². The molecule has 0 N–H and O–H groups in total. The Labute approximate surface area is 138 Å². The van der Waals surface area contributed by atoms with Crippen LogP contribution < -0.4 is 0 Å². The Morgan fingerprint density at radius 2 is 1.79 bits per heavy atom. The minimum absolute atomic E-state index is 0.0196. The van der Waals surface area contributed by atoms with Crippen LogP contribution in [0.4, 0.5) is 0 Å². The Hall–Kier alpha value is -3.15. The number of esters is 1. The number of carbonyl (C=O) groups is 3. The standard InChI is InChI=1S/C18H15NO5/c1-12-6-7-13(24-12)8-9-16(20)23-11-10-19-17(21)14-4-2-3-5-15(14)18(19)22/h2-9H,10-11H2,1H3. The van der Waals surface area contributed by atoms with Crippen molar-refractivity contribution in [2.75, 3.05) is 13.2 Å². The van der Waals surface area contributed by atoms with Gasteiger partial charge in [-0.05, 0) is 37.3 Å². The summed E-state index contributed by atoms with van der Waals surface area (Å²) in [5.74, 6) is -0.0133. The fraction of sp³-hybridized carbons (Fsp3) is 0.167. The second-order valence-corrected chi connectivity index (χ2v) is 5.26. The van der Waals surface area contributed by atoms with Crippen LogP contribution in [0.5, 0.6) is 0 Å². The lowest BCUT2D eigenvalue weighted by atomic mass is 10.1. The van der Waals surface area contributed by atoms with E-state index in [4.69, 9.17) is 9.15 Å². The zero-order chi connectivity index (χ0) is 17.1. The lowest BCUT2D eigenvalue weighted by molar-refractivity contribution is -0.137. The van der Waals surface area contributed by atoms with E-state index in [0.29, 0.717) is 16.9 Å². The predicted molar refractivity (Wildman–Crippen MR) is 85.2 cm³/mol. The first-order valence-corrected chi connectivity index (χ1v) is 7.43. The summed E-state index contributed by atoms with van der Waals surface area (Å²) in [6.45, 7) is 1.76. The third kappa shape index (κ3) is 3.12. The van der Waals surface area contributed by atoms with Gasteiger partial charge >= 0.3 is 5.97 Å². The van der Waals surface area contributed by atoms with Crippen LogP contribution in [0.2, 0.25) is 0 Å². The lowest BCUT2D eigenvalue weighted by Gasteiger charge is -2.13. The highest BCUT2D eigenvalue weighted by Crippen LogP contribution is 2.21. The van der Waals surface area contributed by atoms with E-state index in [-0.39, 0.29) is 25.0 Å². The summed E-state index contributed by atoms with van der Waals surface area (Å²) in [6.07, 6.45) is 2.73. The number of fused-ring (bicyclic) bond motifs is 1. The molecule has 0 bridgehead atoms. The molecule has 0 aliphatic carbocycles. The number of carbonyl (C=O) groups excluding carboxylic acids is 3. The number of ether oxygens (including phenoxy) is 1. The Morgan fingerprint density at radius 3 is 2.38 bits per heavy atom. The Bertz CT molecular complexity index is 798. The number of nitrogens with zero attached hydrogens (tertiary/aromatic N) is 1. The zero-order valence-electron chi connectivity index (χ0n) is 13.0. The van der Waals surface area contributed by atoms with Crippen LogP contribution in [0.25, 0.3) is 6.08 Å². The van der Waals surface area contributed by atoms with E-state index in [2.05, 4.69) is 0 Å². The van der Waals surface area contributed by atoms with Gasteiger partial charge in [0.25, 0.3) is 11.8 Å². The van der Waals surface area contributed by atoms with Gasteiger partial charge in [-0.15, -0.1) is 0 Å². The summed E-state index contributed by atoms with van der Waals surface area (Å²) in [5, 5.41) is 0.